The van der Waals surface area contributed by atoms with Gasteiger partial charge in [-0.05, 0) is 6.42 Å². The van der Waals surface area contributed by atoms with E-state index in [2.05, 4.69) is 12.2 Å². The fourth-order valence-electron chi connectivity index (χ4n) is 0.846. The Bertz CT molecular complexity index is 118. The molecule has 0 aromatic rings. The smallest absolute Gasteiger partial charge is 0.222 e. The Morgan fingerprint density at radius 2 is 1.30 bits per heavy atom. The molecule has 0 bridgehead atoms. The summed E-state index contributed by atoms with van der Waals surface area (Å²) in [4.78, 5) is 10.7. The van der Waals surface area contributed by atoms with Crippen LogP contribution >= 0.6 is 0 Å². The second-order valence-corrected chi connectivity index (χ2v) is 2.74. The molecule has 0 heterocycles. The third-order valence-electron chi connectivity index (χ3n) is 1.64. The van der Waals surface area contributed by atoms with Crippen LogP contribution in [0.1, 0.15) is 88.0 Å². The number of carbonyl (C=O) groups excluding carboxylic acids is 1. The van der Waals surface area contributed by atoms with Crippen molar-refractivity contribution in [3.8, 4) is 0 Å². The molecule has 0 aliphatic heterocycles. The molecule has 0 unspecified atom stereocenters. The van der Waals surface area contributed by atoms with Gasteiger partial charge in [-0.1, -0.05) is 75.2 Å². The van der Waals surface area contributed by atoms with Crippen LogP contribution in [0.15, 0.2) is 0 Å². The average molecular weight is 294 g/mol. The van der Waals surface area contributed by atoms with E-state index < -0.39 is 0 Å². The van der Waals surface area contributed by atoms with Crippen molar-refractivity contribution in [2.45, 2.75) is 88.0 Å². The second-order valence-electron chi connectivity index (χ2n) is 2.74. The van der Waals surface area contributed by atoms with Crippen molar-refractivity contribution in [3.05, 3.63) is 0 Å². The summed E-state index contributed by atoms with van der Waals surface area (Å²) < 4.78 is 5.25. The maximum atomic E-state index is 10.7. The Balaban J connectivity index is -0.0000000799. The van der Waals surface area contributed by atoms with Crippen molar-refractivity contribution >= 4 is 5.91 Å². The van der Waals surface area contributed by atoms with Crippen LogP contribution in [0.4, 0.5) is 0 Å². The van der Waals surface area contributed by atoms with E-state index in [1.54, 1.807) is 7.05 Å². The molecule has 0 aliphatic rings. The second kappa shape index (κ2) is 51.5. The highest BCUT2D eigenvalue weighted by molar-refractivity contribution is 5.75. The first-order valence-electron chi connectivity index (χ1n) is 8.59. The van der Waals surface area contributed by atoms with Gasteiger partial charge in [-0.3, -0.25) is 4.79 Å². The van der Waals surface area contributed by atoms with Crippen molar-refractivity contribution in [3.63, 3.8) is 0 Å². The lowest BCUT2D eigenvalue weighted by atomic mass is 10.3. The van der Waals surface area contributed by atoms with Gasteiger partial charge >= 0.3 is 0 Å². The van der Waals surface area contributed by atoms with Crippen LogP contribution in [0.3, 0.4) is 0 Å². The first-order chi connectivity index (χ1) is 9.81. The quantitative estimate of drug-likeness (QED) is 0.635. The first-order valence-corrected chi connectivity index (χ1v) is 8.59. The summed E-state index contributed by atoms with van der Waals surface area (Å²) in [6.45, 7) is 19.5. The highest BCUT2D eigenvalue weighted by Gasteiger charge is 1.96. The molecular formula is C17H43NO2. The van der Waals surface area contributed by atoms with Crippen molar-refractivity contribution in [1.29, 1.82) is 0 Å². The van der Waals surface area contributed by atoms with Gasteiger partial charge in [0.1, 0.15) is 0 Å². The van der Waals surface area contributed by atoms with Crippen molar-refractivity contribution in [1.82, 2.24) is 5.32 Å². The van der Waals surface area contributed by atoms with Crippen LogP contribution in [-0.2, 0) is 9.53 Å². The highest BCUT2D eigenvalue weighted by atomic mass is 16.5. The predicted molar refractivity (Wildman–Crippen MR) is 94.4 cm³/mol. The SMILES string of the molecule is CC.CC.CC.CC.CCCCCOCCC(=O)NC. The molecule has 0 aliphatic carbocycles. The van der Waals surface area contributed by atoms with Crippen LogP contribution in [0.5, 0.6) is 0 Å². The van der Waals surface area contributed by atoms with E-state index in [9.17, 15) is 4.79 Å². The van der Waals surface area contributed by atoms with Crippen molar-refractivity contribution < 1.29 is 9.53 Å². The fourth-order valence-corrected chi connectivity index (χ4v) is 0.846. The molecule has 0 aromatic carbocycles. The molecule has 0 atom stereocenters. The van der Waals surface area contributed by atoms with E-state index in [4.69, 9.17) is 4.74 Å². The summed E-state index contributed by atoms with van der Waals surface area (Å²) in [5, 5.41) is 2.55. The molecule has 0 fully saturated rings. The maximum Gasteiger partial charge on any atom is 0.222 e. The van der Waals surface area contributed by atoms with Gasteiger partial charge in [0.15, 0.2) is 0 Å². The minimum atomic E-state index is 0.0468. The molecule has 0 saturated heterocycles. The number of unbranched alkanes of at least 4 members (excludes halogenated alkanes) is 2. The van der Waals surface area contributed by atoms with Crippen LogP contribution in [0.2, 0.25) is 0 Å². The zero-order valence-corrected chi connectivity index (χ0v) is 16.1. The van der Waals surface area contributed by atoms with E-state index in [1.807, 2.05) is 55.4 Å². The van der Waals surface area contributed by atoms with E-state index in [0.717, 1.165) is 13.0 Å². The average Bonchev–Trinajstić information content (AvgIpc) is 2.58. The number of nitrogens with one attached hydrogen (secondary N) is 1. The van der Waals surface area contributed by atoms with Gasteiger partial charge in [0.25, 0.3) is 0 Å². The van der Waals surface area contributed by atoms with E-state index >= 15 is 0 Å². The van der Waals surface area contributed by atoms with E-state index in [0.29, 0.717) is 13.0 Å². The number of carbonyl (C=O) groups is 1. The summed E-state index contributed by atoms with van der Waals surface area (Å²) in [5.41, 5.74) is 0. The molecule has 0 aromatic heterocycles. The van der Waals surface area contributed by atoms with Crippen LogP contribution in [0.25, 0.3) is 0 Å². The number of ether oxygens (including phenoxy) is 1. The lowest BCUT2D eigenvalue weighted by molar-refractivity contribution is -0.121. The zero-order chi connectivity index (χ0) is 17.2. The Morgan fingerprint density at radius 3 is 1.65 bits per heavy atom. The molecule has 1 amide bonds. The molecule has 3 heteroatoms. The summed E-state index contributed by atoms with van der Waals surface area (Å²) in [5.74, 6) is 0.0468. The Hall–Kier alpha value is -0.570. The molecule has 0 rings (SSSR count). The number of rotatable bonds is 7. The number of hydrogen-bond acceptors (Lipinski definition) is 2. The summed E-state index contributed by atoms with van der Waals surface area (Å²) >= 11 is 0. The van der Waals surface area contributed by atoms with Gasteiger partial charge < -0.3 is 10.1 Å². The first kappa shape index (κ1) is 31.7. The molecule has 20 heavy (non-hydrogen) atoms. The van der Waals surface area contributed by atoms with Crippen LogP contribution < -0.4 is 5.32 Å². The van der Waals surface area contributed by atoms with Gasteiger partial charge in [0, 0.05) is 20.1 Å². The molecule has 0 saturated carbocycles. The lowest BCUT2D eigenvalue weighted by Crippen LogP contribution is -2.19. The van der Waals surface area contributed by atoms with Crippen molar-refractivity contribution in [2.75, 3.05) is 20.3 Å². The molecule has 3 nitrogen and oxygen atoms in total. The highest BCUT2D eigenvalue weighted by Crippen LogP contribution is 1.94. The predicted octanol–water partition coefficient (Wildman–Crippen LogP) is 5.43. The van der Waals surface area contributed by atoms with Gasteiger partial charge in [-0.2, -0.15) is 0 Å². The van der Waals surface area contributed by atoms with Gasteiger partial charge in [-0.25, -0.2) is 0 Å². The zero-order valence-electron chi connectivity index (χ0n) is 16.1. The normalized spacial score (nSPS) is 7.10. The maximum absolute atomic E-state index is 10.7. The van der Waals surface area contributed by atoms with Gasteiger partial charge in [-0.15, -0.1) is 0 Å². The standard InChI is InChI=1S/C9H19NO2.4C2H6/c1-3-4-5-7-12-8-6-9(11)10-2;4*1-2/h3-8H2,1-2H3,(H,10,11);4*1-2H3. The van der Waals surface area contributed by atoms with E-state index in [-0.39, 0.29) is 5.91 Å². The van der Waals surface area contributed by atoms with Gasteiger partial charge in [0.05, 0.1) is 6.61 Å². The molecule has 0 spiro atoms. The summed E-state index contributed by atoms with van der Waals surface area (Å²) in [6, 6.07) is 0. The summed E-state index contributed by atoms with van der Waals surface area (Å²) in [6.07, 6.45) is 3.99. The molecule has 0 radical (unpaired) electrons. The summed E-state index contributed by atoms with van der Waals surface area (Å²) in [7, 11) is 1.64. The van der Waals surface area contributed by atoms with Crippen molar-refractivity contribution in [2.24, 2.45) is 0 Å². The number of hydrogen-bond donors (Lipinski definition) is 1. The lowest BCUT2D eigenvalue weighted by Gasteiger charge is -2.02. The molecule has 128 valence electrons. The minimum Gasteiger partial charge on any atom is -0.381 e. The Kier molecular flexibility index (Phi) is 81.6. The third kappa shape index (κ3) is 52.9. The monoisotopic (exact) mass is 293 g/mol. The fraction of sp³-hybridized carbons (Fsp3) is 0.941. The number of amides is 1. The molecule has 1 N–H and O–H groups in total. The Morgan fingerprint density at radius 1 is 0.850 bits per heavy atom. The van der Waals surface area contributed by atoms with Crippen LogP contribution in [0, 0.1) is 0 Å². The largest absolute Gasteiger partial charge is 0.381 e. The minimum absolute atomic E-state index is 0.0468. The third-order valence-corrected chi connectivity index (χ3v) is 1.64. The van der Waals surface area contributed by atoms with Gasteiger partial charge in [0.2, 0.25) is 5.91 Å². The molecular weight excluding hydrogens is 250 g/mol. The van der Waals surface area contributed by atoms with Crippen LogP contribution in [-0.4, -0.2) is 26.2 Å². The van der Waals surface area contributed by atoms with E-state index in [1.165, 1.54) is 12.8 Å². The topological polar surface area (TPSA) is 38.3 Å². The Labute approximate surface area is 129 Å².